The van der Waals surface area contributed by atoms with Crippen molar-refractivity contribution in [2.45, 2.75) is 0 Å². The van der Waals surface area contributed by atoms with E-state index in [0.29, 0.717) is 0 Å². The molecule has 11 rings (SSSR count). The summed E-state index contributed by atoms with van der Waals surface area (Å²) in [5.41, 5.74) is 16.4. The van der Waals surface area contributed by atoms with Crippen molar-refractivity contribution in [3.8, 4) is 50.2 Å². The van der Waals surface area contributed by atoms with E-state index in [-0.39, 0.29) is 0 Å². The molecule has 0 aliphatic heterocycles. The fraction of sp³-hybridized carbons (Fsp3) is 0. The third-order valence-electron chi connectivity index (χ3n) is 11.8. The molecule has 1 heterocycles. The standard InChI is InChI=1S/C58H40N2/c1-3-13-41(14-4-1)42-23-25-43(26-24-42)44-27-33-50(34-28-44)59(56-21-11-9-19-53(56)47-15-5-2-6-16-47)51-35-29-45(30-36-51)46-31-37-52(38-32-46)60-57-22-12-10-20-54(57)55-39-48-17-7-8-18-49(48)40-58(55)60/h1-40H. The second-order valence-corrected chi connectivity index (χ2v) is 15.4. The lowest BCUT2D eigenvalue weighted by molar-refractivity contribution is 1.18. The summed E-state index contributed by atoms with van der Waals surface area (Å²) >= 11 is 0. The fourth-order valence-electron chi connectivity index (χ4n) is 8.79. The average molecular weight is 765 g/mol. The van der Waals surface area contributed by atoms with Crippen LogP contribution in [0.3, 0.4) is 0 Å². The Bertz CT molecular complexity index is 3250. The molecule has 0 fully saturated rings. The van der Waals surface area contributed by atoms with E-state index in [2.05, 4.69) is 252 Å². The molecule has 0 atom stereocenters. The van der Waals surface area contributed by atoms with Crippen molar-refractivity contribution in [2.75, 3.05) is 4.90 Å². The molecule has 0 spiro atoms. The minimum atomic E-state index is 1.09. The Kier molecular flexibility index (Phi) is 8.87. The monoisotopic (exact) mass is 764 g/mol. The Morgan fingerprint density at radius 2 is 0.717 bits per heavy atom. The minimum absolute atomic E-state index is 1.09. The summed E-state index contributed by atoms with van der Waals surface area (Å²) in [6.45, 7) is 0. The SMILES string of the molecule is c1ccc(-c2ccc(-c3ccc(N(c4ccc(-c5ccc(-n6c7ccccc7c7cc8ccccc8cc76)cc5)cc4)c4ccccc4-c4ccccc4)cc3)cc2)cc1. The number of hydrogen-bond donors (Lipinski definition) is 0. The van der Waals surface area contributed by atoms with Crippen molar-refractivity contribution in [1.82, 2.24) is 4.57 Å². The van der Waals surface area contributed by atoms with Crippen LogP contribution in [0.25, 0.3) is 82.8 Å². The van der Waals surface area contributed by atoms with Crippen LogP contribution in [0.1, 0.15) is 0 Å². The van der Waals surface area contributed by atoms with E-state index in [4.69, 9.17) is 0 Å². The van der Waals surface area contributed by atoms with Gasteiger partial charge in [-0.1, -0.05) is 182 Å². The number of hydrogen-bond acceptors (Lipinski definition) is 1. The molecule has 0 amide bonds. The molecule has 2 nitrogen and oxygen atoms in total. The maximum absolute atomic E-state index is 2.40. The third-order valence-corrected chi connectivity index (χ3v) is 11.8. The largest absolute Gasteiger partial charge is 0.310 e. The van der Waals surface area contributed by atoms with Crippen LogP contribution in [0.4, 0.5) is 17.1 Å². The zero-order valence-electron chi connectivity index (χ0n) is 33.0. The molecule has 0 unspecified atom stereocenters. The number of benzene rings is 10. The summed E-state index contributed by atoms with van der Waals surface area (Å²) in [7, 11) is 0. The second-order valence-electron chi connectivity index (χ2n) is 15.4. The van der Waals surface area contributed by atoms with Gasteiger partial charge in [-0.25, -0.2) is 0 Å². The molecule has 0 N–H and O–H groups in total. The summed E-state index contributed by atoms with van der Waals surface area (Å²) in [5, 5.41) is 5.05. The Morgan fingerprint density at radius 1 is 0.283 bits per heavy atom. The molecule has 2 heteroatoms. The lowest BCUT2D eigenvalue weighted by atomic mass is 9.99. The van der Waals surface area contributed by atoms with Crippen molar-refractivity contribution in [3.63, 3.8) is 0 Å². The Hall–Kier alpha value is -7.94. The van der Waals surface area contributed by atoms with Crippen molar-refractivity contribution in [3.05, 3.63) is 243 Å². The van der Waals surface area contributed by atoms with Crippen LogP contribution in [0.2, 0.25) is 0 Å². The highest BCUT2D eigenvalue weighted by molar-refractivity contribution is 6.13. The van der Waals surface area contributed by atoms with Crippen LogP contribution in [0.5, 0.6) is 0 Å². The number of para-hydroxylation sites is 2. The lowest BCUT2D eigenvalue weighted by Gasteiger charge is -2.28. The van der Waals surface area contributed by atoms with Crippen LogP contribution in [-0.4, -0.2) is 4.57 Å². The van der Waals surface area contributed by atoms with Crippen molar-refractivity contribution in [1.29, 1.82) is 0 Å². The molecule has 282 valence electrons. The van der Waals surface area contributed by atoms with Crippen LogP contribution < -0.4 is 4.90 Å². The lowest BCUT2D eigenvalue weighted by Crippen LogP contribution is -2.11. The third kappa shape index (κ3) is 6.41. The van der Waals surface area contributed by atoms with Gasteiger partial charge in [-0.05, 0) is 110 Å². The molecule has 1 aromatic heterocycles. The predicted molar refractivity (Wildman–Crippen MR) is 255 cm³/mol. The minimum Gasteiger partial charge on any atom is -0.310 e. The highest BCUT2D eigenvalue weighted by Gasteiger charge is 2.18. The number of fused-ring (bicyclic) bond motifs is 4. The molecule has 10 aromatic carbocycles. The van der Waals surface area contributed by atoms with E-state index in [1.54, 1.807) is 0 Å². The normalized spacial score (nSPS) is 11.3. The Balaban J connectivity index is 0.943. The molecule has 11 aromatic rings. The quantitative estimate of drug-likeness (QED) is 0.150. The number of aromatic nitrogens is 1. The van der Waals surface area contributed by atoms with Crippen molar-refractivity contribution in [2.24, 2.45) is 0 Å². The molecule has 0 saturated carbocycles. The van der Waals surface area contributed by atoms with Crippen LogP contribution in [-0.2, 0) is 0 Å². The van der Waals surface area contributed by atoms with Gasteiger partial charge in [0.15, 0.2) is 0 Å². The molecule has 60 heavy (non-hydrogen) atoms. The molecule has 0 bridgehead atoms. The molecule has 0 aliphatic rings. The fourth-order valence-corrected chi connectivity index (χ4v) is 8.79. The number of nitrogens with zero attached hydrogens (tertiary/aromatic N) is 2. The Morgan fingerprint density at radius 3 is 1.32 bits per heavy atom. The van der Waals surface area contributed by atoms with Crippen LogP contribution in [0.15, 0.2) is 243 Å². The van der Waals surface area contributed by atoms with E-state index in [1.165, 1.54) is 77.1 Å². The first-order valence-electron chi connectivity index (χ1n) is 20.6. The summed E-state index contributed by atoms with van der Waals surface area (Å²) in [6.07, 6.45) is 0. The van der Waals surface area contributed by atoms with E-state index >= 15 is 0 Å². The van der Waals surface area contributed by atoms with Crippen LogP contribution >= 0.6 is 0 Å². The zero-order chi connectivity index (χ0) is 39.8. The molecule has 0 saturated heterocycles. The Labute approximate surface area is 350 Å². The summed E-state index contributed by atoms with van der Waals surface area (Å²) in [4.78, 5) is 2.38. The second kappa shape index (κ2) is 15.1. The first kappa shape index (κ1) is 35.2. The highest BCUT2D eigenvalue weighted by atomic mass is 15.1. The summed E-state index contributed by atoms with van der Waals surface area (Å²) < 4.78 is 2.40. The van der Waals surface area contributed by atoms with Gasteiger partial charge in [0.25, 0.3) is 0 Å². The van der Waals surface area contributed by atoms with Gasteiger partial charge >= 0.3 is 0 Å². The van der Waals surface area contributed by atoms with Gasteiger partial charge in [0, 0.05) is 33.4 Å². The van der Waals surface area contributed by atoms with Gasteiger partial charge in [-0.15, -0.1) is 0 Å². The first-order valence-corrected chi connectivity index (χ1v) is 20.6. The number of rotatable bonds is 8. The van der Waals surface area contributed by atoms with Gasteiger partial charge in [0.2, 0.25) is 0 Å². The zero-order valence-corrected chi connectivity index (χ0v) is 33.0. The summed E-state index contributed by atoms with van der Waals surface area (Å²) in [6, 6.07) is 87.8. The topological polar surface area (TPSA) is 8.17 Å². The average Bonchev–Trinajstić information content (AvgIpc) is 3.65. The molecule has 0 radical (unpaired) electrons. The smallest absolute Gasteiger partial charge is 0.0547 e. The first-order chi connectivity index (χ1) is 29.7. The molecule has 0 aliphatic carbocycles. The molecular formula is C58H40N2. The van der Waals surface area contributed by atoms with E-state index in [1.807, 2.05) is 0 Å². The maximum Gasteiger partial charge on any atom is 0.0547 e. The van der Waals surface area contributed by atoms with Gasteiger partial charge in [0.05, 0.1) is 16.7 Å². The van der Waals surface area contributed by atoms with Gasteiger partial charge in [-0.2, -0.15) is 0 Å². The van der Waals surface area contributed by atoms with Crippen molar-refractivity contribution >= 4 is 49.6 Å². The van der Waals surface area contributed by atoms with E-state index < -0.39 is 0 Å². The van der Waals surface area contributed by atoms with Gasteiger partial charge in [-0.3, -0.25) is 0 Å². The van der Waals surface area contributed by atoms with E-state index in [9.17, 15) is 0 Å². The van der Waals surface area contributed by atoms with Crippen molar-refractivity contribution < 1.29 is 0 Å². The van der Waals surface area contributed by atoms with Crippen LogP contribution in [0, 0.1) is 0 Å². The summed E-state index contributed by atoms with van der Waals surface area (Å²) in [5.74, 6) is 0. The maximum atomic E-state index is 2.40. The van der Waals surface area contributed by atoms with Gasteiger partial charge < -0.3 is 9.47 Å². The van der Waals surface area contributed by atoms with Gasteiger partial charge in [0.1, 0.15) is 0 Å². The number of anilines is 3. The van der Waals surface area contributed by atoms with E-state index in [0.717, 1.165) is 22.7 Å². The predicted octanol–water partition coefficient (Wildman–Crippen LogP) is 16.1. The highest BCUT2D eigenvalue weighted by Crippen LogP contribution is 2.42. The molecular weight excluding hydrogens is 725 g/mol.